The Bertz CT molecular complexity index is 254. The first-order valence-corrected chi connectivity index (χ1v) is 5.99. The molecule has 0 rings (SSSR count). The molecule has 0 fully saturated rings. The third-order valence-electron chi connectivity index (χ3n) is 2.03. The third kappa shape index (κ3) is 3.58. The van der Waals surface area contributed by atoms with E-state index in [4.69, 9.17) is 5.11 Å². The highest BCUT2D eigenvalue weighted by atomic mass is 32.2. The smallest absolute Gasteiger partial charge is 0.342 e. The molecule has 0 aromatic carbocycles. The normalized spacial score (nSPS) is 12.2. The predicted molar refractivity (Wildman–Crippen MR) is 62.5 cm³/mol. The Hall–Kier alpha value is -0.700. The van der Waals surface area contributed by atoms with Crippen LogP contribution < -0.4 is 0 Å². The molecule has 0 radical (unpaired) electrons. The fourth-order valence-electron chi connectivity index (χ4n) is 1.25. The predicted octanol–water partition coefficient (Wildman–Crippen LogP) is 3.45. The van der Waals surface area contributed by atoms with Crippen molar-refractivity contribution in [3.05, 3.63) is 22.6 Å². The molecule has 0 spiro atoms. The lowest BCUT2D eigenvalue weighted by molar-refractivity contribution is -0.131. The van der Waals surface area contributed by atoms with Gasteiger partial charge in [-0.15, -0.1) is 11.8 Å². The van der Waals surface area contributed by atoms with Gasteiger partial charge in [-0.3, -0.25) is 0 Å². The van der Waals surface area contributed by atoms with Crippen molar-refractivity contribution < 1.29 is 9.90 Å². The summed E-state index contributed by atoms with van der Waals surface area (Å²) in [6, 6.07) is 0. The van der Waals surface area contributed by atoms with Gasteiger partial charge in [-0.25, -0.2) is 4.79 Å². The molecule has 0 heterocycles. The van der Waals surface area contributed by atoms with Crippen LogP contribution in [0.4, 0.5) is 0 Å². The molecule has 0 bridgehead atoms. The first-order valence-electron chi connectivity index (χ1n) is 4.76. The maximum Gasteiger partial charge on any atom is 0.342 e. The maximum atomic E-state index is 10.9. The second-order valence-corrected chi connectivity index (χ2v) is 3.84. The first-order chi connectivity index (χ1) is 6.58. The summed E-state index contributed by atoms with van der Waals surface area (Å²) < 4.78 is 0. The van der Waals surface area contributed by atoms with Crippen LogP contribution in [0, 0.1) is 0 Å². The number of aliphatic carboxylic acids is 1. The number of allylic oxidation sites excluding steroid dienone is 2. The Morgan fingerprint density at radius 2 is 2.00 bits per heavy atom. The molecule has 0 atom stereocenters. The molecule has 0 aliphatic carbocycles. The largest absolute Gasteiger partial charge is 0.477 e. The van der Waals surface area contributed by atoms with Gasteiger partial charge in [0.05, 0.1) is 4.91 Å². The average Bonchev–Trinajstić information content (AvgIpc) is 2.16. The van der Waals surface area contributed by atoms with Crippen molar-refractivity contribution in [2.24, 2.45) is 0 Å². The molecule has 14 heavy (non-hydrogen) atoms. The van der Waals surface area contributed by atoms with Gasteiger partial charge in [-0.05, 0) is 24.7 Å². The lowest BCUT2D eigenvalue weighted by Gasteiger charge is -2.11. The van der Waals surface area contributed by atoms with Gasteiger partial charge in [0.25, 0.3) is 0 Å². The Morgan fingerprint density at radius 3 is 2.29 bits per heavy atom. The van der Waals surface area contributed by atoms with Crippen LogP contribution in [-0.4, -0.2) is 17.3 Å². The molecule has 0 saturated carbocycles. The van der Waals surface area contributed by atoms with Crippen molar-refractivity contribution >= 4 is 17.7 Å². The van der Waals surface area contributed by atoms with Crippen molar-refractivity contribution in [3.63, 3.8) is 0 Å². The molecule has 0 aromatic rings. The van der Waals surface area contributed by atoms with E-state index < -0.39 is 5.97 Å². The van der Waals surface area contributed by atoms with Crippen LogP contribution >= 0.6 is 11.8 Å². The fourth-order valence-corrected chi connectivity index (χ4v) is 1.92. The Morgan fingerprint density at radius 1 is 1.43 bits per heavy atom. The molecular weight excluding hydrogens is 196 g/mol. The summed E-state index contributed by atoms with van der Waals surface area (Å²) >= 11 is 1.29. The van der Waals surface area contributed by atoms with E-state index in [0.29, 0.717) is 4.91 Å². The van der Waals surface area contributed by atoms with Crippen LogP contribution in [0.25, 0.3) is 0 Å². The van der Waals surface area contributed by atoms with Gasteiger partial charge in [0.15, 0.2) is 0 Å². The van der Waals surface area contributed by atoms with Gasteiger partial charge in [0.1, 0.15) is 0 Å². The van der Waals surface area contributed by atoms with Crippen LogP contribution in [0.1, 0.15) is 33.1 Å². The van der Waals surface area contributed by atoms with E-state index in [9.17, 15) is 4.79 Å². The zero-order valence-electron chi connectivity index (χ0n) is 9.09. The Labute approximate surface area is 90.1 Å². The van der Waals surface area contributed by atoms with Gasteiger partial charge < -0.3 is 5.11 Å². The molecule has 0 aliphatic rings. The highest BCUT2D eigenvalue weighted by molar-refractivity contribution is 8.03. The number of carbonyl (C=O) groups is 1. The van der Waals surface area contributed by atoms with Crippen molar-refractivity contribution in [2.45, 2.75) is 33.1 Å². The molecule has 0 unspecified atom stereocenters. The lowest BCUT2D eigenvalue weighted by Crippen LogP contribution is -2.03. The van der Waals surface area contributed by atoms with E-state index >= 15 is 0 Å². The topological polar surface area (TPSA) is 37.3 Å². The van der Waals surface area contributed by atoms with Gasteiger partial charge in [0, 0.05) is 0 Å². The van der Waals surface area contributed by atoms with E-state index in [1.807, 2.05) is 13.8 Å². The number of thioether (sulfide) groups is 1. The second-order valence-electron chi connectivity index (χ2n) is 3.02. The number of rotatable bonds is 6. The SMILES string of the molecule is C=C(CC)/C(CCC)=C(\SC)C(=O)O. The highest BCUT2D eigenvalue weighted by Crippen LogP contribution is 2.27. The molecule has 0 aliphatic heterocycles. The standard InChI is InChI=1S/C11H18O2S/c1-5-7-9(8(3)6-2)10(14-4)11(12)13/h3,5-7H2,1-2,4H3,(H,12,13)/b10-9-. The molecule has 3 heteroatoms. The van der Waals surface area contributed by atoms with Crippen molar-refractivity contribution in [2.75, 3.05) is 6.26 Å². The summed E-state index contributed by atoms with van der Waals surface area (Å²) in [5, 5.41) is 8.99. The number of hydrogen-bond acceptors (Lipinski definition) is 2. The summed E-state index contributed by atoms with van der Waals surface area (Å²) in [6.45, 7) is 7.95. The summed E-state index contributed by atoms with van der Waals surface area (Å²) in [4.78, 5) is 11.4. The van der Waals surface area contributed by atoms with Crippen LogP contribution in [0.15, 0.2) is 22.6 Å². The van der Waals surface area contributed by atoms with Gasteiger partial charge in [0.2, 0.25) is 0 Å². The average molecular weight is 214 g/mol. The minimum absolute atomic E-state index is 0.443. The monoisotopic (exact) mass is 214 g/mol. The molecule has 2 nitrogen and oxygen atoms in total. The van der Waals surface area contributed by atoms with Crippen LogP contribution in [0.3, 0.4) is 0 Å². The van der Waals surface area contributed by atoms with Crippen LogP contribution in [0.2, 0.25) is 0 Å². The fraction of sp³-hybridized carbons (Fsp3) is 0.545. The summed E-state index contributed by atoms with van der Waals surface area (Å²) in [7, 11) is 0. The Kier molecular flexibility index (Phi) is 6.37. The van der Waals surface area contributed by atoms with E-state index in [1.54, 1.807) is 6.26 Å². The van der Waals surface area contributed by atoms with E-state index in [1.165, 1.54) is 11.8 Å². The van der Waals surface area contributed by atoms with Crippen LogP contribution in [-0.2, 0) is 4.79 Å². The van der Waals surface area contributed by atoms with Crippen molar-refractivity contribution in [1.29, 1.82) is 0 Å². The summed E-state index contributed by atoms with van der Waals surface area (Å²) in [5.74, 6) is -0.837. The van der Waals surface area contributed by atoms with E-state index in [2.05, 4.69) is 6.58 Å². The summed E-state index contributed by atoms with van der Waals surface area (Å²) in [6.07, 6.45) is 4.36. The van der Waals surface area contributed by atoms with Crippen molar-refractivity contribution in [1.82, 2.24) is 0 Å². The molecule has 1 N–H and O–H groups in total. The summed E-state index contributed by atoms with van der Waals surface area (Å²) in [5.41, 5.74) is 1.86. The van der Waals surface area contributed by atoms with Gasteiger partial charge >= 0.3 is 5.97 Å². The Balaban J connectivity index is 5.08. The maximum absolute atomic E-state index is 10.9. The minimum atomic E-state index is -0.837. The molecule has 0 aromatic heterocycles. The lowest BCUT2D eigenvalue weighted by atomic mass is 10.0. The zero-order valence-corrected chi connectivity index (χ0v) is 9.91. The van der Waals surface area contributed by atoms with Gasteiger partial charge in [-0.2, -0.15) is 0 Å². The zero-order chi connectivity index (χ0) is 11.1. The van der Waals surface area contributed by atoms with E-state index in [0.717, 1.165) is 30.4 Å². The number of carboxylic acid groups (broad SMARTS) is 1. The van der Waals surface area contributed by atoms with Crippen LogP contribution in [0.5, 0.6) is 0 Å². The van der Waals surface area contributed by atoms with E-state index in [-0.39, 0.29) is 0 Å². The number of hydrogen-bond donors (Lipinski definition) is 1. The highest BCUT2D eigenvalue weighted by Gasteiger charge is 2.14. The van der Waals surface area contributed by atoms with Crippen molar-refractivity contribution in [3.8, 4) is 0 Å². The minimum Gasteiger partial charge on any atom is -0.477 e. The quantitative estimate of drug-likeness (QED) is 0.543. The number of carboxylic acids is 1. The van der Waals surface area contributed by atoms with Gasteiger partial charge in [-0.1, -0.05) is 32.4 Å². The molecule has 80 valence electrons. The second kappa shape index (κ2) is 6.71. The molecule has 0 amide bonds. The molecular formula is C11H18O2S. The third-order valence-corrected chi connectivity index (χ3v) is 2.86. The molecule has 0 saturated heterocycles. The first kappa shape index (κ1) is 13.3.